The molecule has 4 unspecified atom stereocenters. The number of guanidine groups is 2. The normalized spacial score (nSPS) is 14.0. The lowest BCUT2D eigenvalue weighted by molar-refractivity contribution is -0.141. The molecule has 0 saturated heterocycles. The van der Waals surface area contributed by atoms with E-state index >= 15 is 0 Å². The number of aliphatic carboxylic acids is 1. The molecule has 0 aliphatic carbocycles. The van der Waals surface area contributed by atoms with Gasteiger partial charge in [-0.25, -0.2) is 4.79 Å². The van der Waals surface area contributed by atoms with Gasteiger partial charge in [-0.2, -0.15) is 12.6 Å². The molecule has 0 heterocycles. The van der Waals surface area contributed by atoms with Crippen LogP contribution < -0.4 is 44.6 Å². The summed E-state index contributed by atoms with van der Waals surface area (Å²) < 4.78 is 0. The Kier molecular flexibility index (Phi) is 14.8. The fraction of sp³-hybridized carbons (Fsp3) is 0.667. The Morgan fingerprint density at radius 1 is 0.824 bits per heavy atom. The number of nitrogens with two attached hydrogens (primary N) is 5. The van der Waals surface area contributed by atoms with Gasteiger partial charge in [0.05, 0.1) is 6.04 Å². The second-order valence-corrected chi connectivity index (χ2v) is 7.74. The van der Waals surface area contributed by atoms with Crippen molar-refractivity contribution in [2.75, 3.05) is 18.8 Å². The molecular weight excluding hydrogens is 468 g/mol. The topological polar surface area (TPSA) is 279 Å². The molecule has 3 amide bonds. The fourth-order valence-electron chi connectivity index (χ4n) is 2.56. The molecule has 16 heteroatoms. The van der Waals surface area contributed by atoms with E-state index in [0.717, 1.165) is 0 Å². The quantitative estimate of drug-likeness (QED) is 0.0419. The number of nitrogens with zero attached hydrogens (tertiary/aromatic N) is 2. The number of carbonyl (C=O) groups excluding carboxylic acids is 3. The third kappa shape index (κ3) is 13.3. The first-order valence-corrected chi connectivity index (χ1v) is 11.1. The molecule has 14 N–H and O–H groups in total. The average Bonchev–Trinajstić information content (AvgIpc) is 2.75. The lowest BCUT2D eigenvalue weighted by Crippen LogP contribution is -2.56. The van der Waals surface area contributed by atoms with Gasteiger partial charge in [-0.15, -0.1) is 0 Å². The first kappa shape index (κ1) is 30.7. The van der Waals surface area contributed by atoms with Crippen molar-refractivity contribution in [1.29, 1.82) is 0 Å². The Hall–Kier alpha value is -3.27. The maximum atomic E-state index is 12.8. The predicted molar refractivity (Wildman–Crippen MR) is 131 cm³/mol. The van der Waals surface area contributed by atoms with E-state index in [9.17, 15) is 19.2 Å². The highest BCUT2D eigenvalue weighted by atomic mass is 32.1. The summed E-state index contributed by atoms with van der Waals surface area (Å²) in [6.07, 6.45) is 1.21. The number of rotatable bonds is 16. The van der Waals surface area contributed by atoms with Gasteiger partial charge in [0.15, 0.2) is 11.9 Å². The Morgan fingerprint density at radius 2 is 1.32 bits per heavy atom. The third-order valence-electron chi connectivity index (χ3n) is 4.43. The van der Waals surface area contributed by atoms with E-state index in [4.69, 9.17) is 33.8 Å². The highest BCUT2D eigenvalue weighted by molar-refractivity contribution is 7.80. The summed E-state index contributed by atoms with van der Waals surface area (Å²) in [4.78, 5) is 56.2. The molecule has 194 valence electrons. The van der Waals surface area contributed by atoms with Crippen LogP contribution in [0.4, 0.5) is 0 Å². The van der Waals surface area contributed by atoms with E-state index in [-0.39, 0.29) is 37.1 Å². The number of aliphatic imine (C=N–C) groups is 2. The summed E-state index contributed by atoms with van der Waals surface area (Å²) in [6, 6.07) is -4.27. The van der Waals surface area contributed by atoms with Crippen LogP contribution in [0.3, 0.4) is 0 Å². The maximum absolute atomic E-state index is 12.8. The van der Waals surface area contributed by atoms with Crippen molar-refractivity contribution in [1.82, 2.24) is 16.0 Å². The van der Waals surface area contributed by atoms with Gasteiger partial charge in [0.25, 0.3) is 0 Å². The molecule has 0 aliphatic rings. The van der Waals surface area contributed by atoms with Crippen LogP contribution in [-0.2, 0) is 19.2 Å². The second-order valence-electron chi connectivity index (χ2n) is 7.38. The van der Waals surface area contributed by atoms with E-state index in [1.807, 2.05) is 0 Å². The smallest absolute Gasteiger partial charge is 0.327 e. The summed E-state index contributed by atoms with van der Waals surface area (Å²) in [5.41, 5.74) is 26.9. The zero-order valence-corrected chi connectivity index (χ0v) is 20.0. The van der Waals surface area contributed by atoms with Crippen LogP contribution in [0.1, 0.15) is 32.6 Å². The number of nitrogens with one attached hydrogen (secondary N) is 3. The first-order valence-electron chi connectivity index (χ1n) is 10.5. The Labute approximate surface area is 203 Å². The van der Waals surface area contributed by atoms with Crippen LogP contribution in [0.5, 0.6) is 0 Å². The van der Waals surface area contributed by atoms with Gasteiger partial charge in [0, 0.05) is 18.8 Å². The van der Waals surface area contributed by atoms with Gasteiger partial charge in [-0.1, -0.05) is 0 Å². The van der Waals surface area contributed by atoms with Crippen molar-refractivity contribution in [3.05, 3.63) is 0 Å². The van der Waals surface area contributed by atoms with Gasteiger partial charge in [0.1, 0.15) is 18.1 Å². The molecule has 0 rings (SSSR count). The van der Waals surface area contributed by atoms with Crippen molar-refractivity contribution < 1.29 is 24.3 Å². The van der Waals surface area contributed by atoms with Crippen molar-refractivity contribution >= 4 is 48.2 Å². The molecule has 0 radical (unpaired) electrons. The monoisotopic (exact) mass is 504 g/mol. The number of carboxylic acids is 1. The van der Waals surface area contributed by atoms with Crippen molar-refractivity contribution in [2.45, 2.75) is 56.8 Å². The second kappa shape index (κ2) is 16.4. The number of hydrogen-bond donors (Lipinski definition) is 10. The van der Waals surface area contributed by atoms with E-state index in [1.54, 1.807) is 0 Å². The predicted octanol–water partition coefficient (Wildman–Crippen LogP) is -4.09. The van der Waals surface area contributed by atoms with Gasteiger partial charge in [-0.3, -0.25) is 24.4 Å². The minimum absolute atomic E-state index is 0.0715. The lowest BCUT2D eigenvalue weighted by Gasteiger charge is -2.23. The number of amides is 3. The Morgan fingerprint density at radius 3 is 1.79 bits per heavy atom. The van der Waals surface area contributed by atoms with E-state index < -0.39 is 47.9 Å². The molecule has 0 spiro atoms. The van der Waals surface area contributed by atoms with Crippen molar-refractivity contribution in [3.63, 3.8) is 0 Å². The van der Waals surface area contributed by atoms with Gasteiger partial charge in [-0.05, 0) is 32.6 Å². The van der Waals surface area contributed by atoms with Crippen LogP contribution in [-0.4, -0.2) is 83.7 Å². The van der Waals surface area contributed by atoms with Crippen LogP contribution >= 0.6 is 12.6 Å². The van der Waals surface area contributed by atoms with E-state index in [1.165, 1.54) is 6.92 Å². The largest absolute Gasteiger partial charge is 0.480 e. The highest BCUT2D eigenvalue weighted by Gasteiger charge is 2.27. The molecule has 15 nitrogen and oxygen atoms in total. The standard InChI is InChI=1S/C18H36N10O5S/c1-9(13(29)28-12(8-34)16(32)33)26-15(31)11(5-3-7-25-18(22)23)27-14(30)10(19)4-2-6-24-17(20)21/h9-12,34H,2-8,19H2,1H3,(H,26,31)(H,27,30)(H,28,29)(H,32,33)(H4,20,21,24)(H4,22,23,25). The molecule has 0 aromatic heterocycles. The molecule has 0 saturated carbocycles. The van der Waals surface area contributed by atoms with Gasteiger partial charge in [0.2, 0.25) is 17.7 Å². The number of thiol groups is 1. The SMILES string of the molecule is CC(NC(=O)C(CCCN=C(N)N)NC(=O)C(N)CCCN=C(N)N)C(=O)NC(CS)C(=O)O. The van der Waals surface area contributed by atoms with Gasteiger partial charge < -0.3 is 49.7 Å². The molecule has 34 heavy (non-hydrogen) atoms. The highest BCUT2D eigenvalue weighted by Crippen LogP contribution is 2.03. The Balaban J connectivity index is 5.10. The first-order chi connectivity index (χ1) is 15.9. The molecule has 0 aliphatic heterocycles. The minimum atomic E-state index is -1.26. The molecule has 0 aromatic carbocycles. The zero-order chi connectivity index (χ0) is 26.3. The molecule has 0 aromatic rings. The van der Waals surface area contributed by atoms with Crippen LogP contribution in [0.15, 0.2) is 9.98 Å². The minimum Gasteiger partial charge on any atom is -0.480 e. The van der Waals surface area contributed by atoms with E-state index in [0.29, 0.717) is 19.4 Å². The number of hydrogen-bond acceptors (Lipinski definition) is 8. The molecule has 0 bridgehead atoms. The molecular formula is C18H36N10O5S. The summed E-state index contributed by atoms with van der Waals surface area (Å²) in [5.74, 6) is -3.55. The summed E-state index contributed by atoms with van der Waals surface area (Å²) in [7, 11) is 0. The maximum Gasteiger partial charge on any atom is 0.327 e. The van der Waals surface area contributed by atoms with Crippen LogP contribution in [0.2, 0.25) is 0 Å². The third-order valence-corrected chi connectivity index (χ3v) is 4.80. The van der Waals surface area contributed by atoms with Crippen LogP contribution in [0, 0.1) is 0 Å². The zero-order valence-electron chi connectivity index (χ0n) is 19.1. The van der Waals surface area contributed by atoms with Gasteiger partial charge >= 0.3 is 5.97 Å². The average molecular weight is 505 g/mol. The lowest BCUT2D eigenvalue weighted by atomic mass is 10.1. The number of carboxylic acid groups (broad SMARTS) is 1. The fourth-order valence-corrected chi connectivity index (χ4v) is 2.81. The Bertz CT molecular complexity index is 755. The van der Waals surface area contributed by atoms with Crippen molar-refractivity contribution in [3.8, 4) is 0 Å². The van der Waals surface area contributed by atoms with E-state index in [2.05, 4.69) is 38.6 Å². The molecule has 4 atom stereocenters. The number of carbonyl (C=O) groups is 4. The van der Waals surface area contributed by atoms with Crippen molar-refractivity contribution in [2.24, 2.45) is 38.7 Å². The summed E-state index contributed by atoms with van der Waals surface area (Å²) in [5, 5.41) is 16.3. The van der Waals surface area contributed by atoms with Crippen LogP contribution in [0.25, 0.3) is 0 Å². The summed E-state index contributed by atoms with van der Waals surface area (Å²) in [6.45, 7) is 1.88. The molecule has 0 fully saturated rings. The summed E-state index contributed by atoms with van der Waals surface area (Å²) >= 11 is 3.87.